The number of carbonyl (C=O) groups is 3. The predicted molar refractivity (Wildman–Crippen MR) is 110 cm³/mol. The Kier molecular flexibility index (Phi) is 6.81. The molecule has 2 N–H and O–H groups in total. The number of hydrogen-bond donors (Lipinski definition) is 2. The molecule has 1 aromatic carbocycles. The van der Waals surface area contributed by atoms with Crippen LogP contribution in [0.2, 0.25) is 0 Å². The second-order valence-electron chi connectivity index (χ2n) is 7.39. The van der Waals surface area contributed by atoms with Crippen LogP contribution in [0.5, 0.6) is 0 Å². The number of aromatic amines is 1. The minimum Gasteiger partial charge on any atom is -0.466 e. The van der Waals surface area contributed by atoms with Gasteiger partial charge in [-0.05, 0) is 32.8 Å². The molecule has 160 valence electrons. The number of ether oxygens (including phenoxy) is 1. The van der Waals surface area contributed by atoms with Gasteiger partial charge in [0.05, 0.1) is 30.0 Å². The predicted octanol–water partition coefficient (Wildman–Crippen LogP) is 0.772. The van der Waals surface area contributed by atoms with Gasteiger partial charge in [-0.1, -0.05) is 18.2 Å². The molecule has 1 aromatic heterocycles. The highest BCUT2D eigenvalue weighted by Gasteiger charge is 2.31. The van der Waals surface area contributed by atoms with Gasteiger partial charge in [0, 0.05) is 18.5 Å². The fraction of sp³-hybridized carbons (Fsp3) is 0.476. The lowest BCUT2D eigenvalue weighted by atomic mass is 9.97. The van der Waals surface area contributed by atoms with Crippen molar-refractivity contribution in [2.75, 3.05) is 19.7 Å². The number of nitrogens with zero attached hydrogens (tertiary/aromatic N) is 2. The lowest BCUT2D eigenvalue weighted by Gasteiger charge is -2.33. The second kappa shape index (κ2) is 9.51. The number of esters is 1. The molecule has 9 heteroatoms. The van der Waals surface area contributed by atoms with Crippen molar-refractivity contribution in [2.45, 2.75) is 39.2 Å². The topological polar surface area (TPSA) is 121 Å². The van der Waals surface area contributed by atoms with Gasteiger partial charge in [0.25, 0.3) is 5.56 Å². The third kappa shape index (κ3) is 4.84. The third-order valence-corrected chi connectivity index (χ3v) is 5.20. The minimum absolute atomic E-state index is 0.0691. The minimum atomic E-state index is -0.743. The van der Waals surface area contributed by atoms with Gasteiger partial charge in [0.15, 0.2) is 0 Å². The van der Waals surface area contributed by atoms with E-state index in [0.29, 0.717) is 49.0 Å². The number of likely N-dealkylation sites (tertiary alicyclic amines) is 1. The number of rotatable bonds is 6. The lowest BCUT2D eigenvalue weighted by Crippen LogP contribution is -2.51. The number of hydrogen-bond acceptors (Lipinski definition) is 6. The van der Waals surface area contributed by atoms with Crippen LogP contribution in [0, 0.1) is 5.92 Å². The quantitative estimate of drug-likeness (QED) is 0.674. The zero-order valence-electron chi connectivity index (χ0n) is 17.1. The molecule has 0 spiro atoms. The third-order valence-electron chi connectivity index (χ3n) is 5.20. The summed E-state index contributed by atoms with van der Waals surface area (Å²) in [7, 11) is 0. The van der Waals surface area contributed by atoms with Crippen molar-refractivity contribution in [3.05, 3.63) is 40.3 Å². The van der Waals surface area contributed by atoms with Gasteiger partial charge < -0.3 is 15.0 Å². The number of carbonyl (C=O) groups excluding carboxylic acids is 3. The Balaban J connectivity index is 1.62. The molecule has 0 unspecified atom stereocenters. The summed E-state index contributed by atoms with van der Waals surface area (Å²) in [5.74, 6) is -1.24. The molecule has 2 amide bonds. The number of fused-ring (bicyclic) bond motifs is 1. The normalized spacial score (nSPS) is 17.4. The Labute approximate surface area is 173 Å². The molecule has 9 nitrogen and oxygen atoms in total. The van der Waals surface area contributed by atoms with E-state index in [-0.39, 0.29) is 35.7 Å². The first kappa shape index (κ1) is 21.5. The first-order valence-corrected chi connectivity index (χ1v) is 10.1. The van der Waals surface area contributed by atoms with E-state index in [0.717, 1.165) is 0 Å². The maximum absolute atomic E-state index is 12.8. The van der Waals surface area contributed by atoms with E-state index in [1.54, 1.807) is 43.0 Å². The van der Waals surface area contributed by atoms with Crippen molar-refractivity contribution in [3.8, 4) is 0 Å². The molecule has 2 atom stereocenters. The molecule has 1 aliphatic heterocycles. The monoisotopic (exact) mass is 414 g/mol. The highest BCUT2D eigenvalue weighted by Crippen LogP contribution is 2.19. The van der Waals surface area contributed by atoms with E-state index >= 15 is 0 Å². The number of piperidine rings is 1. The largest absolute Gasteiger partial charge is 0.466 e. The molecule has 2 heterocycles. The van der Waals surface area contributed by atoms with E-state index in [2.05, 4.69) is 15.5 Å². The Morgan fingerprint density at radius 3 is 2.77 bits per heavy atom. The first-order chi connectivity index (χ1) is 14.4. The molecule has 0 radical (unpaired) electrons. The van der Waals surface area contributed by atoms with Crippen molar-refractivity contribution in [1.29, 1.82) is 0 Å². The summed E-state index contributed by atoms with van der Waals surface area (Å²) in [6, 6.07) is 6.17. The molecule has 3 rings (SSSR count). The lowest BCUT2D eigenvalue weighted by molar-refractivity contribution is -0.151. The molecule has 0 saturated carbocycles. The molecular formula is C21H26N4O5. The van der Waals surface area contributed by atoms with Gasteiger partial charge in [-0.3, -0.25) is 19.2 Å². The first-order valence-electron chi connectivity index (χ1n) is 10.1. The van der Waals surface area contributed by atoms with Gasteiger partial charge in [0.1, 0.15) is 6.04 Å². The maximum Gasteiger partial charge on any atom is 0.310 e. The van der Waals surface area contributed by atoms with Crippen molar-refractivity contribution in [2.24, 2.45) is 5.92 Å². The molecule has 1 fully saturated rings. The molecular weight excluding hydrogens is 388 g/mol. The fourth-order valence-corrected chi connectivity index (χ4v) is 3.72. The Hall–Kier alpha value is -3.23. The number of aromatic nitrogens is 2. The summed E-state index contributed by atoms with van der Waals surface area (Å²) in [5, 5.41) is 10.1. The number of H-pyrrole nitrogens is 1. The number of amides is 2. The van der Waals surface area contributed by atoms with E-state index in [4.69, 9.17) is 4.74 Å². The zero-order valence-corrected chi connectivity index (χ0v) is 17.1. The SMILES string of the molecule is CCOC(=O)[C@@H]1CCCN(C(=O)[C@H](C)NC(=O)Cc2n[nH]c(=O)c3ccccc23)C1. The molecule has 0 aliphatic carbocycles. The van der Waals surface area contributed by atoms with Crippen LogP contribution in [0.3, 0.4) is 0 Å². The highest BCUT2D eigenvalue weighted by molar-refractivity contribution is 5.91. The molecule has 1 aliphatic rings. The molecule has 30 heavy (non-hydrogen) atoms. The van der Waals surface area contributed by atoms with E-state index in [1.807, 2.05) is 0 Å². The molecule has 1 saturated heterocycles. The van der Waals surface area contributed by atoms with Crippen LogP contribution in [0.1, 0.15) is 32.4 Å². The maximum atomic E-state index is 12.8. The standard InChI is InChI=1S/C21H26N4O5/c1-3-30-21(29)14-7-6-10-25(12-14)20(28)13(2)22-18(26)11-17-15-8-4-5-9-16(15)19(27)24-23-17/h4-5,8-9,13-14H,3,6-7,10-12H2,1-2H3,(H,22,26)(H,24,27)/t13-,14+/m0/s1. The van der Waals surface area contributed by atoms with Crippen LogP contribution in [-0.4, -0.2) is 58.6 Å². The van der Waals surface area contributed by atoms with Crippen molar-refractivity contribution in [3.63, 3.8) is 0 Å². The summed E-state index contributed by atoms with van der Waals surface area (Å²) in [5.41, 5.74) is 0.113. The zero-order chi connectivity index (χ0) is 21.7. The van der Waals surface area contributed by atoms with Gasteiger partial charge in [-0.15, -0.1) is 0 Å². The van der Waals surface area contributed by atoms with Crippen LogP contribution >= 0.6 is 0 Å². The molecule has 0 bridgehead atoms. The van der Waals surface area contributed by atoms with E-state index in [1.165, 1.54) is 0 Å². The Morgan fingerprint density at radius 2 is 2.03 bits per heavy atom. The van der Waals surface area contributed by atoms with Gasteiger partial charge >= 0.3 is 5.97 Å². The van der Waals surface area contributed by atoms with E-state index < -0.39 is 6.04 Å². The van der Waals surface area contributed by atoms with Gasteiger partial charge in [-0.2, -0.15) is 5.10 Å². The fourth-order valence-electron chi connectivity index (χ4n) is 3.72. The van der Waals surface area contributed by atoms with Crippen LogP contribution in [0.25, 0.3) is 10.8 Å². The number of benzene rings is 1. The molecule has 2 aromatic rings. The van der Waals surface area contributed by atoms with Crippen LogP contribution in [-0.2, 0) is 25.5 Å². The van der Waals surface area contributed by atoms with E-state index in [9.17, 15) is 19.2 Å². The summed E-state index contributed by atoms with van der Waals surface area (Å²) in [6.45, 7) is 4.52. The summed E-state index contributed by atoms with van der Waals surface area (Å²) in [6.07, 6.45) is 1.33. The second-order valence-corrected chi connectivity index (χ2v) is 7.39. The highest BCUT2D eigenvalue weighted by atomic mass is 16.5. The van der Waals surface area contributed by atoms with Gasteiger partial charge in [-0.25, -0.2) is 5.10 Å². The van der Waals surface area contributed by atoms with Crippen LogP contribution < -0.4 is 10.9 Å². The summed E-state index contributed by atoms with van der Waals surface area (Å²) < 4.78 is 5.07. The Bertz CT molecular complexity index is 1000. The van der Waals surface area contributed by atoms with Gasteiger partial charge in [0.2, 0.25) is 11.8 Å². The average molecular weight is 414 g/mol. The van der Waals surface area contributed by atoms with Crippen molar-refractivity contribution >= 4 is 28.6 Å². The van der Waals surface area contributed by atoms with Crippen LogP contribution in [0.15, 0.2) is 29.1 Å². The number of nitrogens with one attached hydrogen (secondary N) is 2. The van der Waals surface area contributed by atoms with Crippen molar-refractivity contribution < 1.29 is 19.1 Å². The summed E-state index contributed by atoms with van der Waals surface area (Å²) in [4.78, 5) is 50.7. The smallest absolute Gasteiger partial charge is 0.310 e. The Morgan fingerprint density at radius 1 is 1.30 bits per heavy atom. The summed E-state index contributed by atoms with van der Waals surface area (Å²) >= 11 is 0. The average Bonchev–Trinajstić information content (AvgIpc) is 2.75. The van der Waals surface area contributed by atoms with Crippen molar-refractivity contribution in [1.82, 2.24) is 20.4 Å². The van der Waals surface area contributed by atoms with Crippen LogP contribution in [0.4, 0.5) is 0 Å².